The van der Waals surface area contributed by atoms with Crippen molar-refractivity contribution in [3.63, 3.8) is 0 Å². The van der Waals surface area contributed by atoms with Crippen molar-refractivity contribution >= 4 is 22.6 Å². The summed E-state index contributed by atoms with van der Waals surface area (Å²) in [5, 5.41) is 0.476. The Kier molecular flexibility index (Phi) is 5.09. The minimum absolute atomic E-state index is 0.0924. The van der Waals surface area contributed by atoms with Crippen LogP contribution in [0.5, 0.6) is 5.75 Å². The molecule has 0 radical (unpaired) electrons. The standard InChI is InChI=1S/C28H23NO4/c1-4-14-32-21-11-9-19(10-12-21)25-24-26(30)22-16-18(3)8-13-23(22)33-27(24)28(31)29(25)20-7-5-6-17(2)15-20/h4-13,15-16,25H,1,14H2,2-3H3/t25-/m1/s1. The van der Waals surface area contributed by atoms with E-state index in [1.165, 1.54) is 0 Å². The largest absolute Gasteiger partial charge is 0.490 e. The number of hydrogen-bond donors (Lipinski definition) is 0. The van der Waals surface area contributed by atoms with E-state index in [0.717, 1.165) is 16.7 Å². The lowest BCUT2D eigenvalue weighted by Crippen LogP contribution is -2.29. The van der Waals surface area contributed by atoms with E-state index in [1.807, 2.05) is 74.5 Å². The smallest absolute Gasteiger partial charge is 0.295 e. The fourth-order valence-electron chi connectivity index (χ4n) is 4.35. The summed E-state index contributed by atoms with van der Waals surface area (Å²) in [7, 11) is 0. The third-order valence-electron chi connectivity index (χ3n) is 5.87. The fraction of sp³-hybridized carbons (Fsp3) is 0.143. The number of anilines is 1. The highest BCUT2D eigenvalue weighted by atomic mass is 16.5. The third kappa shape index (κ3) is 3.52. The number of aryl methyl sites for hydroxylation is 2. The van der Waals surface area contributed by atoms with E-state index in [-0.39, 0.29) is 17.1 Å². The van der Waals surface area contributed by atoms with Crippen molar-refractivity contribution < 1.29 is 13.9 Å². The molecule has 5 rings (SSSR count). The molecule has 0 saturated carbocycles. The van der Waals surface area contributed by atoms with E-state index >= 15 is 0 Å². The lowest BCUT2D eigenvalue weighted by Gasteiger charge is -2.25. The number of carbonyl (C=O) groups is 1. The number of hydrogen-bond acceptors (Lipinski definition) is 4. The van der Waals surface area contributed by atoms with Crippen LogP contribution in [0.4, 0.5) is 5.69 Å². The van der Waals surface area contributed by atoms with Crippen molar-refractivity contribution in [2.45, 2.75) is 19.9 Å². The minimum Gasteiger partial charge on any atom is -0.490 e. The molecule has 5 heteroatoms. The van der Waals surface area contributed by atoms with Gasteiger partial charge in [0.25, 0.3) is 5.91 Å². The number of fused-ring (bicyclic) bond motifs is 2. The summed E-state index contributed by atoms with van der Waals surface area (Å²) in [5.74, 6) is 0.452. The van der Waals surface area contributed by atoms with Gasteiger partial charge in [-0.3, -0.25) is 14.5 Å². The normalized spacial score (nSPS) is 15.0. The molecular weight excluding hydrogens is 414 g/mol. The molecule has 5 nitrogen and oxygen atoms in total. The van der Waals surface area contributed by atoms with E-state index in [1.54, 1.807) is 17.0 Å². The Hall–Kier alpha value is -4.12. The molecule has 1 aliphatic heterocycles. The lowest BCUT2D eigenvalue weighted by molar-refractivity contribution is 0.0971. The van der Waals surface area contributed by atoms with Gasteiger partial charge in [0.05, 0.1) is 17.0 Å². The first-order valence-electron chi connectivity index (χ1n) is 10.8. The van der Waals surface area contributed by atoms with Crippen molar-refractivity contribution in [3.8, 4) is 5.75 Å². The topological polar surface area (TPSA) is 59.8 Å². The van der Waals surface area contributed by atoms with E-state index in [2.05, 4.69) is 6.58 Å². The molecule has 1 amide bonds. The Morgan fingerprint density at radius 2 is 1.76 bits per heavy atom. The Morgan fingerprint density at radius 3 is 2.48 bits per heavy atom. The summed E-state index contributed by atoms with van der Waals surface area (Å²) in [6.07, 6.45) is 1.68. The zero-order chi connectivity index (χ0) is 23.1. The van der Waals surface area contributed by atoms with Crippen molar-refractivity contribution in [1.29, 1.82) is 0 Å². The van der Waals surface area contributed by atoms with Crippen LogP contribution in [0.15, 0.2) is 88.6 Å². The molecule has 0 unspecified atom stereocenters. The van der Waals surface area contributed by atoms with Crippen LogP contribution < -0.4 is 15.1 Å². The second-order valence-corrected chi connectivity index (χ2v) is 8.26. The van der Waals surface area contributed by atoms with Gasteiger partial charge in [-0.05, 0) is 61.4 Å². The van der Waals surface area contributed by atoms with Gasteiger partial charge in [0.15, 0.2) is 5.43 Å². The maximum Gasteiger partial charge on any atom is 0.295 e. The molecular formula is C28H23NO4. The van der Waals surface area contributed by atoms with Crippen LogP contribution in [-0.4, -0.2) is 12.5 Å². The minimum atomic E-state index is -0.607. The van der Waals surface area contributed by atoms with Crippen molar-refractivity contribution in [1.82, 2.24) is 0 Å². The maximum absolute atomic E-state index is 13.7. The molecule has 1 atom stereocenters. The second kappa shape index (κ2) is 8.10. The number of amides is 1. The first-order valence-corrected chi connectivity index (χ1v) is 10.8. The lowest BCUT2D eigenvalue weighted by atomic mass is 9.97. The SMILES string of the molecule is C=CCOc1ccc([C@@H]2c3c(oc4ccc(C)cc4c3=O)C(=O)N2c2cccc(C)c2)cc1. The number of benzene rings is 3. The van der Waals surface area contributed by atoms with Crippen LogP contribution in [0.25, 0.3) is 11.0 Å². The molecule has 2 heterocycles. The van der Waals surface area contributed by atoms with Crippen LogP contribution in [0.3, 0.4) is 0 Å². The number of ether oxygens (including phenoxy) is 1. The maximum atomic E-state index is 13.7. The van der Waals surface area contributed by atoms with Crippen LogP contribution in [-0.2, 0) is 0 Å². The molecule has 1 aromatic heterocycles. The van der Waals surface area contributed by atoms with Gasteiger partial charge in [-0.15, -0.1) is 0 Å². The zero-order valence-corrected chi connectivity index (χ0v) is 18.5. The van der Waals surface area contributed by atoms with Crippen LogP contribution >= 0.6 is 0 Å². The molecule has 0 bridgehead atoms. The second-order valence-electron chi connectivity index (χ2n) is 8.26. The van der Waals surface area contributed by atoms with Gasteiger partial charge >= 0.3 is 0 Å². The Labute approximate surface area is 191 Å². The quantitative estimate of drug-likeness (QED) is 0.375. The zero-order valence-electron chi connectivity index (χ0n) is 18.5. The summed E-state index contributed by atoms with van der Waals surface area (Å²) in [6, 6.07) is 19.9. The predicted octanol–water partition coefficient (Wildman–Crippen LogP) is 5.72. The molecule has 0 N–H and O–H groups in total. The first kappa shape index (κ1) is 20.8. The molecule has 0 spiro atoms. The average Bonchev–Trinajstić information content (AvgIpc) is 3.11. The molecule has 3 aromatic carbocycles. The molecule has 0 fully saturated rings. The summed E-state index contributed by atoms with van der Waals surface area (Å²) in [5.41, 5.74) is 4.07. The molecule has 1 aliphatic rings. The number of rotatable bonds is 5. The predicted molar refractivity (Wildman–Crippen MR) is 129 cm³/mol. The van der Waals surface area contributed by atoms with E-state index in [0.29, 0.717) is 34.6 Å². The summed E-state index contributed by atoms with van der Waals surface area (Å²) >= 11 is 0. The highest BCUT2D eigenvalue weighted by molar-refractivity contribution is 6.10. The number of carbonyl (C=O) groups excluding carboxylic acids is 1. The summed E-state index contributed by atoms with van der Waals surface area (Å²) in [6.45, 7) is 7.96. The van der Waals surface area contributed by atoms with E-state index < -0.39 is 6.04 Å². The monoisotopic (exact) mass is 437 g/mol. The van der Waals surface area contributed by atoms with Crippen molar-refractivity contribution in [3.05, 3.63) is 118 Å². The van der Waals surface area contributed by atoms with Crippen LogP contribution in [0.1, 0.15) is 38.9 Å². The van der Waals surface area contributed by atoms with Gasteiger partial charge in [0.1, 0.15) is 17.9 Å². The third-order valence-corrected chi connectivity index (χ3v) is 5.87. The average molecular weight is 437 g/mol. The molecule has 0 saturated heterocycles. The van der Waals surface area contributed by atoms with E-state index in [4.69, 9.17) is 9.15 Å². The summed E-state index contributed by atoms with van der Waals surface area (Å²) in [4.78, 5) is 28.9. The Morgan fingerprint density at radius 1 is 1.00 bits per heavy atom. The molecule has 33 heavy (non-hydrogen) atoms. The van der Waals surface area contributed by atoms with Crippen LogP contribution in [0, 0.1) is 13.8 Å². The Bertz CT molecular complexity index is 1450. The molecule has 0 aliphatic carbocycles. The van der Waals surface area contributed by atoms with Gasteiger partial charge in [-0.1, -0.05) is 48.6 Å². The van der Waals surface area contributed by atoms with Gasteiger partial charge in [-0.25, -0.2) is 0 Å². The van der Waals surface area contributed by atoms with Gasteiger partial charge in [0.2, 0.25) is 5.76 Å². The highest BCUT2D eigenvalue weighted by Crippen LogP contribution is 2.41. The van der Waals surface area contributed by atoms with Gasteiger partial charge in [-0.2, -0.15) is 0 Å². The van der Waals surface area contributed by atoms with Gasteiger partial charge in [0, 0.05) is 5.69 Å². The Balaban J connectivity index is 1.73. The fourth-order valence-corrected chi connectivity index (χ4v) is 4.35. The molecule has 164 valence electrons. The first-order chi connectivity index (χ1) is 16.0. The van der Waals surface area contributed by atoms with Gasteiger partial charge < -0.3 is 9.15 Å². The number of nitrogens with zero attached hydrogens (tertiary/aromatic N) is 1. The van der Waals surface area contributed by atoms with Crippen molar-refractivity contribution in [2.75, 3.05) is 11.5 Å². The van der Waals surface area contributed by atoms with E-state index in [9.17, 15) is 9.59 Å². The van der Waals surface area contributed by atoms with Crippen molar-refractivity contribution in [2.24, 2.45) is 0 Å². The highest BCUT2D eigenvalue weighted by Gasteiger charge is 2.43. The summed E-state index contributed by atoms with van der Waals surface area (Å²) < 4.78 is 11.6. The van der Waals surface area contributed by atoms with Crippen LogP contribution in [0.2, 0.25) is 0 Å². The molecule has 4 aromatic rings.